The Hall–Kier alpha value is -2.27. The zero-order valence-electron chi connectivity index (χ0n) is 13.9. The molecule has 126 valence electrons. The van der Waals surface area contributed by atoms with Crippen LogP contribution in [-0.2, 0) is 10.0 Å². The number of aromatic nitrogens is 1. The van der Waals surface area contributed by atoms with Gasteiger partial charge in [-0.1, -0.05) is 49.2 Å². The lowest BCUT2D eigenvalue weighted by Gasteiger charge is -2.12. The van der Waals surface area contributed by atoms with Crippen molar-refractivity contribution in [1.82, 2.24) is 3.97 Å². The summed E-state index contributed by atoms with van der Waals surface area (Å²) in [6.45, 7) is 4.50. The van der Waals surface area contributed by atoms with Crippen LogP contribution in [0.25, 0.3) is 10.9 Å². The maximum Gasteiger partial charge on any atom is 0.271 e. The highest BCUT2D eigenvalue weighted by molar-refractivity contribution is 7.90. The van der Waals surface area contributed by atoms with E-state index in [2.05, 4.69) is 6.92 Å². The van der Waals surface area contributed by atoms with Crippen molar-refractivity contribution in [3.63, 3.8) is 0 Å². The average molecular weight is 343 g/mol. The van der Waals surface area contributed by atoms with E-state index in [9.17, 15) is 8.42 Å². The van der Waals surface area contributed by atoms with Crippen molar-refractivity contribution >= 4 is 20.9 Å². The fraction of sp³-hybridized carbons (Fsp3) is 0.263. The molecule has 0 fully saturated rings. The molecule has 0 unspecified atom stereocenters. The van der Waals surface area contributed by atoms with E-state index in [0.29, 0.717) is 18.0 Å². The second kappa shape index (κ2) is 6.69. The number of unbranched alkanes of at least 4 members (excludes halogenated alkanes) is 1. The third kappa shape index (κ3) is 3.04. The van der Waals surface area contributed by atoms with Gasteiger partial charge in [0.25, 0.3) is 10.0 Å². The number of para-hydroxylation sites is 1. The van der Waals surface area contributed by atoms with Crippen LogP contribution in [-0.4, -0.2) is 19.0 Å². The number of hydrogen-bond donors (Lipinski definition) is 0. The SMILES string of the molecule is CCCCOc1cc2ccccc2n1S(=O)(=O)c1ccc(C)cc1. The fourth-order valence-corrected chi connectivity index (χ4v) is 4.05. The zero-order valence-corrected chi connectivity index (χ0v) is 14.7. The third-order valence-corrected chi connectivity index (χ3v) is 5.67. The number of nitrogens with zero attached hydrogens (tertiary/aromatic N) is 1. The molecule has 0 saturated carbocycles. The Labute approximate surface area is 142 Å². The van der Waals surface area contributed by atoms with Crippen molar-refractivity contribution in [2.45, 2.75) is 31.6 Å². The summed E-state index contributed by atoms with van der Waals surface area (Å²) >= 11 is 0. The van der Waals surface area contributed by atoms with E-state index in [1.54, 1.807) is 36.4 Å². The van der Waals surface area contributed by atoms with Crippen molar-refractivity contribution in [2.75, 3.05) is 6.61 Å². The maximum atomic E-state index is 13.2. The molecule has 0 saturated heterocycles. The number of aryl methyl sites for hydroxylation is 1. The monoisotopic (exact) mass is 343 g/mol. The molecule has 3 rings (SSSR count). The van der Waals surface area contributed by atoms with Crippen LogP contribution in [0.2, 0.25) is 0 Å². The van der Waals surface area contributed by atoms with E-state index in [4.69, 9.17) is 4.74 Å². The molecule has 1 aromatic heterocycles. The minimum atomic E-state index is -3.72. The van der Waals surface area contributed by atoms with Crippen LogP contribution in [0.4, 0.5) is 0 Å². The first-order chi connectivity index (χ1) is 11.5. The first kappa shape index (κ1) is 16.6. The minimum absolute atomic E-state index is 0.259. The third-order valence-electron chi connectivity index (χ3n) is 3.94. The largest absolute Gasteiger partial charge is 0.478 e. The number of fused-ring (bicyclic) bond motifs is 1. The predicted octanol–water partition coefficient (Wildman–Crippen LogP) is 4.37. The van der Waals surface area contributed by atoms with Gasteiger partial charge in [0.05, 0.1) is 17.0 Å². The van der Waals surface area contributed by atoms with Crippen molar-refractivity contribution in [2.24, 2.45) is 0 Å². The highest BCUT2D eigenvalue weighted by atomic mass is 32.2. The van der Waals surface area contributed by atoms with Crippen LogP contribution in [0.5, 0.6) is 5.88 Å². The first-order valence-electron chi connectivity index (χ1n) is 8.09. The average Bonchev–Trinajstić information content (AvgIpc) is 2.94. The minimum Gasteiger partial charge on any atom is -0.478 e. The van der Waals surface area contributed by atoms with Crippen LogP contribution in [0.1, 0.15) is 25.3 Å². The van der Waals surface area contributed by atoms with Crippen LogP contribution >= 0.6 is 0 Å². The van der Waals surface area contributed by atoms with Gasteiger partial charge in [0.1, 0.15) is 0 Å². The quantitative estimate of drug-likeness (QED) is 0.625. The predicted molar refractivity (Wildman–Crippen MR) is 96.1 cm³/mol. The molecule has 0 radical (unpaired) electrons. The molecule has 5 heteroatoms. The normalized spacial score (nSPS) is 11.8. The van der Waals surface area contributed by atoms with Crippen molar-refractivity contribution in [3.8, 4) is 5.88 Å². The summed E-state index contributed by atoms with van der Waals surface area (Å²) in [4.78, 5) is 0.259. The second-order valence-electron chi connectivity index (χ2n) is 5.83. The molecule has 0 aliphatic rings. The van der Waals surface area contributed by atoms with E-state index >= 15 is 0 Å². The lowest BCUT2D eigenvalue weighted by molar-refractivity contribution is 0.296. The van der Waals surface area contributed by atoms with Crippen molar-refractivity contribution < 1.29 is 13.2 Å². The van der Waals surface area contributed by atoms with E-state index in [-0.39, 0.29) is 4.90 Å². The van der Waals surface area contributed by atoms with Crippen molar-refractivity contribution in [3.05, 3.63) is 60.2 Å². The molecule has 0 aliphatic carbocycles. The standard InChI is InChI=1S/C19H21NO3S/c1-3-4-13-23-19-14-16-7-5-6-8-18(16)20(19)24(21,22)17-11-9-15(2)10-12-17/h5-12,14H,3-4,13H2,1-2H3. The Morgan fingerprint density at radius 2 is 1.75 bits per heavy atom. The topological polar surface area (TPSA) is 48.3 Å². The molecule has 1 heterocycles. The molecular formula is C19H21NO3S. The summed E-state index contributed by atoms with van der Waals surface area (Å²) in [5, 5.41) is 0.847. The van der Waals surface area contributed by atoms with Gasteiger partial charge >= 0.3 is 0 Å². The molecule has 0 bridgehead atoms. The van der Waals surface area contributed by atoms with Gasteiger partial charge < -0.3 is 4.74 Å². The Kier molecular flexibility index (Phi) is 4.62. The summed E-state index contributed by atoms with van der Waals surface area (Å²) in [6, 6.07) is 16.1. The molecule has 3 aromatic rings. The highest BCUT2D eigenvalue weighted by Crippen LogP contribution is 2.30. The van der Waals surface area contributed by atoms with Gasteiger partial charge in [-0.15, -0.1) is 0 Å². The van der Waals surface area contributed by atoms with E-state index in [0.717, 1.165) is 23.8 Å². The van der Waals surface area contributed by atoms with Gasteiger partial charge in [0, 0.05) is 11.5 Å². The molecule has 4 nitrogen and oxygen atoms in total. The molecule has 0 spiro atoms. The lowest BCUT2D eigenvalue weighted by Crippen LogP contribution is -2.15. The van der Waals surface area contributed by atoms with Gasteiger partial charge in [-0.2, -0.15) is 0 Å². The lowest BCUT2D eigenvalue weighted by atomic mass is 10.2. The Morgan fingerprint density at radius 3 is 2.46 bits per heavy atom. The second-order valence-corrected chi connectivity index (χ2v) is 7.61. The fourth-order valence-electron chi connectivity index (χ4n) is 2.59. The number of benzene rings is 2. The van der Waals surface area contributed by atoms with Gasteiger partial charge in [-0.3, -0.25) is 0 Å². The van der Waals surface area contributed by atoms with Crippen LogP contribution in [0.15, 0.2) is 59.5 Å². The summed E-state index contributed by atoms with van der Waals surface area (Å²) in [7, 11) is -3.72. The molecule has 0 aliphatic heterocycles. The summed E-state index contributed by atoms with van der Waals surface area (Å²) < 4.78 is 33.4. The molecule has 0 N–H and O–H groups in total. The van der Waals surface area contributed by atoms with Gasteiger partial charge in [-0.25, -0.2) is 12.4 Å². The van der Waals surface area contributed by atoms with Gasteiger partial charge in [-0.05, 0) is 31.5 Å². The van der Waals surface area contributed by atoms with Crippen molar-refractivity contribution in [1.29, 1.82) is 0 Å². The van der Waals surface area contributed by atoms with Gasteiger partial charge in [0.15, 0.2) is 0 Å². The molecule has 0 atom stereocenters. The van der Waals surface area contributed by atoms with E-state index in [1.807, 2.05) is 25.1 Å². The number of hydrogen-bond acceptors (Lipinski definition) is 3. The molecule has 24 heavy (non-hydrogen) atoms. The molecule has 0 amide bonds. The summed E-state index contributed by atoms with van der Waals surface area (Å²) in [5.41, 5.74) is 1.65. The smallest absolute Gasteiger partial charge is 0.271 e. The Morgan fingerprint density at radius 1 is 1.04 bits per heavy atom. The van der Waals surface area contributed by atoms with Crippen LogP contribution in [0.3, 0.4) is 0 Å². The van der Waals surface area contributed by atoms with Crippen LogP contribution < -0.4 is 4.74 Å². The summed E-state index contributed by atoms with van der Waals surface area (Å²) in [6.07, 6.45) is 1.87. The number of rotatable bonds is 6. The Balaban J connectivity index is 2.15. The zero-order chi connectivity index (χ0) is 17.2. The molecular weight excluding hydrogens is 322 g/mol. The highest BCUT2D eigenvalue weighted by Gasteiger charge is 2.23. The van der Waals surface area contributed by atoms with Crippen LogP contribution in [0, 0.1) is 6.92 Å². The maximum absolute atomic E-state index is 13.2. The van der Waals surface area contributed by atoms with E-state index in [1.165, 1.54) is 3.97 Å². The van der Waals surface area contributed by atoms with E-state index < -0.39 is 10.0 Å². The molecule has 2 aromatic carbocycles. The summed E-state index contributed by atoms with van der Waals surface area (Å²) in [5.74, 6) is 0.366. The number of ether oxygens (including phenoxy) is 1. The first-order valence-corrected chi connectivity index (χ1v) is 9.53. The Bertz CT molecular complexity index is 940. The van der Waals surface area contributed by atoms with Gasteiger partial charge in [0.2, 0.25) is 5.88 Å².